The first kappa shape index (κ1) is 9.29. The van der Waals surface area contributed by atoms with Crippen LogP contribution in [-0.2, 0) is 0 Å². The second kappa shape index (κ2) is 3.46. The van der Waals surface area contributed by atoms with Crippen molar-refractivity contribution in [2.24, 2.45) is 11.3 Å². The van der Waals surface area contributed by atoms with E-state index in [-0.39, 0.29) is 0 Å². The topological polar surface area (TPSA) is 0 Å². The molecule has 0 spiro atoms. The molecule has 0 saturated carbocycles. The maximum absolute atomic E-state index is 5.60. The second-order valence-electron chi connectivity index (χ2n) is 3.74. The third-order valence-electron chi connectivity index (χ3n) is 2.02. The van der Waals surface area contributed by atoms with Crippen molar-refractivity contribution in [1.82, 2.24) is 0 Å². The lowest BCUT2D eigenvalue weighted by Gasteiger charge is -2.26. The van der Waals surface area contributed by atoms with E-state index in [1.54, 1.807) is 0 Å². The van der Waals surface area contributed by atoms with Crippen LogP contribution in [0.4, 0.5) is 0 Å². The van der Waals surface area contributed by atoms with Crippen LogP contribution in [0, 0.1) is 11.3 Å². The van der Waals surface area contributed by atoms with Gasteiger partial charge in [-0.2, -0.15) is 0 Å². The van der Waals surface area contributed by atoms with Crippen LogP contribution in [-0.4, -0.2) is 5.88 Å². The molecule has 0 aliphatic heterocycles. The van der Waals surface area contributed by atoms with Gasteiger partial charge in [-0.3, -0.25) is 0 Å². The van der Waals surface area contributed by atoms with E-state index in [2.05, 4.69) is 27.7 Å². The van der Waals surface area contributed by atoms with Gasteiger partial charge < -0.3 is 0 Å². The molecule has 1 unspecified atom stereocenters. The highest BCUT2D eigenvalue weighted by Gasteiger charge is 2.18. The Hall–Kier alpha value is 0.290. The van der Waals surface area contributed by atoms with E-state index in [1.807, 2.05) is 0 Å². The summed E-state index contributed by atoms with van der Waals surface area (Å²) in [5, 5.41) is 0. The zero-order valence-electron chi connectivity index (χ0n) is 6.87. The van der Waals surface area contributed by atoms with E-state index < -0.39 is 0 Å². The second-order valence-corrected chi connectivity index (χ2v) is 4.12. The van der Waals surface area contributed by atoms with Gasteiger partial charge in [-0.1, -0.05) is 27.7 Å². The molecular formula is C8H17Cl. The fourth-order valence-electron chi connectivity index (χ4n) is 0.597. The van der Waals surface area contributed by atoms with Crippen LogP contribution in [0.1, 0.15) is 34.1 Å². The number of halogens is 1. The molecule has 1 atom stereocenters. The van der Waals surface area contributed by atoms with Gasteiger partial charge in [0.1, 0.15) is 0 Å². The Balaban J connectivity index is 3.59. The third kappa shape index (κ3) is 3.80. The number of hydrogen-bond donors (Lipinski definition) is 0. The zero-order valence-corrected chi connectivity index (χ0v) is 7.63. The molecule has 56 valence electrons. The zero-order chi connectivity index (χ0) is 7.49. The summed E-state index contributed by atoms with van der Waals surface area (Å²) in [5.74, 6) is 1.52. The van der Waals surface area contributed by atoms with E-state index in [4.69, 9.17) is 11.6 Å². The van der Waals surface area contributed by atoms with Crippen molar-refractivity contribution in [2.75, 3.05) is 5.88 Å². The minimum Gasteiger partial charge on any atom is -0.127 e. The van der Waals surface area contributed by atoms with E-state index in [9.17, 15) is 0 Å². The molecule has 0 radical (unpaired) electrons. The molecule has 0 N–H and O–H groups in total. The summed E-state index contributed by atoms with van der Waals surface area (Å²) in [7, 11) is 0. The summed E-state index contributed by atoms with van der Waals surface area (Å²) in [6.07, 6.45) is 1.13. The maximum Gasteiger partial charge on any atom is 0.0226 e. The van der Waals surface area contributed by atoms with E-state index >= 15 is 0 Å². The van der Waals surface area contributed by atoms with Gasteiger partial charge in [-0.05, 0) is 17.8 Å². The van der Waals surface area contributed by atoms with Crippen LogP contribution in [0.15, 0.2) is 0 Å². The predicted molar refractivity (Wildman–Crippen MR) is 44.0 cm³/mol. The Morgan fingerprint density at radius 1 is 1.33 bits per heavy atom. The van der Waals surface area contributed by atoms with Crippen LogP contribution in [0.2, 0.25) is 0 Å². The quantitative estimate of drug-likeness (QED) is 0.528. The van der Waals surface area contributed by atoms with E-state index in [0.29, 0.717) is 5.41 Å². The van der Waals surface area contributed by atoms with Gasteiger partial charge in [-0.25, -0.2) is 0 Å². The molecule has 0 aromatic heterocycles. The van der Waals surface area contributed by atoms with Crippen LogP contribution < -0.4 is 0 Å². The monoisotopic (exact) mass is 148 g/mol. The number of alkyl halides is 1. The largest absolute Gasteiger partial charge is 0.127 e. The first-order valence-electron chi connectivity index (χ1n) is 3.54. The van der Waals surface area contributed by atoms with Gasteiger partial charge in [0.25, 0.3) is 0 Å². The Morgan fingerprint density at radius 3 is 1.89 bits per heavy atom. The van der Waals surface area contributed by atoms with E-state index in [1.165, 1.54) is 0 Å². The molecule has 0 heterocycles. The van der Waals surface area contributed by atoms with Crippen molar-refractivity contribution in [3.8, 4) is 0 Å². The minimum absolute atomic E-state index is 0.425. The van der Waals surface area contributed by atoms with Crippen molar-refractivity contribution < 1.29 is 0 Å². The summed E-state index contributed by atoms with van der Waals surface area (Å²) in [5.41, 5.74) is 0.425. The average Bonchev–Trinajstić information content (AvgIpc) is 1.64. The molecule has 0 aromatic rings. The van der Waals surface area contributed by atoms with E-state index in [0.717, 1.165) is 18.2 Å². The highest BCUT2D eigenvalue weighted by molar-refractivity contribution is 6.17. The molecule has 0 aliphatic carbocycles. The van der Waals surface area contributed by atoms with Gasteiger partial charge in [-0.15, -0.1) is 11.6 Å². The third-order valence-corrected chi connectivity index (χ3v) is 2.24. The summed E-state index contributed by atoms with van der Waals surface area (Å²) >= 11 is 5.60. The highest BCUT2D eigenvalue weighted by atomic mass is 35.5. The van der Waals surface area contributed by atoms with Crippen LogP contribution in [0.3, 0.4) is 0 Å². The van der Waals surface area contributed by atoms with Crippen molar-refractivity contribution in [3.63, 3.8) is 0 Å². The molecule has 0 rings (SSSR count). The van der Waals surface area contributed by atoms with Gasteiger partial charge in [0.15, 0.2) is 0 Å². The van der Waals surface area contributed by atoms with Gasteiger partial charge >= 0.3 is 0 Å². The number of rotatable bonds is 2. The lowest BCUT2D eigenvalue weighted by molar-refractivity contribution is 0.256. The fourth-order valence-corrected chi connectivity index (χ4v) is 0.924. The number of hydrogen-bond acceptors (Lipinski definition) is 0. The first-order chi connectivity index (χ1) is 3.98. The SMILES string of the molecule is CC(CCCl)C(C)(C)C. The Bertz CT molecular complexity index is 71.1. The molecule has 9 heavy (non-hydrogen) atoms. The average molecular weight is 149 g/mol. The Labute approximate surface area is 63.6 Å². The van der Waals surface area contributed by atoms with Crippen molar-refractivity contribution in [2.45, 2.75) is 34.1 Å². The molecule has 0 bridgehead atoms. The van der Waals surface area contributed by atoms with Crippen LogP contribution >= 0.6 is 11.6 Å². The predicted octanol–water partition coefficient (Wildman–Crippen LogP) is 3.30. The van der Waals surface area contributed by atoms with Crippen molar-refractivity contribution in [1.29, 1.82) is 0 Å². The van der Waals surface area contributed by atoms with Crippen molar-refractivity contribution in [3.05, 3.63) is 0 Å². The van der Waals surface area contributed by atoms with Crippen molar-refractivity contribution >= 4 is 11.6 Å². The molecule has 0 aromatic carbocycles. The lowest BCUT2D eigenvalue weighted by atomic mass is 9.81. The fraction of sp³-hybridized carbons (Fsp3) is 1.00. The van der Waals surface area contributed by atoms with Crippen LogP contribution in [0.25, 0.3) is 0 Å². The van der Waals surface area contributed by atoms with Gasteiger partial charge in [0, 0.05) is 5.88 Å². The minimum atomic E-state index is 0.425. The highest BCUT2D eigenvalue weighted by Crippen LogP contribution is 2.27. The molecular weight excluding hydrogens is 132 g/mol. The van der Waals surface area contributed by atoms with Gasteiger partial charge in [0.2, 0.25) is 0 Å². The van der Waals surface area contributed by atoms with Gasteiger partial charge in [0.05, 0.1) is 0 Å². The summed E-state index contributed by atoms with van der Waals surface area (Å²) < 4.78 is 0. The maximum atomic E-state index is 5.60. The molecule has 0 fully saturated rings. The smallest absolute Gasteiger partial charge is 0.0226 e. The first-order valence-corrected chi connectivity index (χ1v) is 4.08. The molecule has 0 nitrogen and oxygen atoms in total. The normalized spacial score (nSPS) is 15.7. The van der Waals surface area contributed by atoms with Crippen LogP contribution in [0.5, 0.6) is 0 Å². The summed E-state index contributed by atoms with van der Waals surface area (Å²) in [6, 6.07) is 0. The lowest BCUT2D eigenvalue weighted by Crippen LogP contribution is -2.17. The Kier molecular flexibility index (Phi) is 3.57. The molecule has 1 heteroatoms. The molecule has 0 saturated heterocycles. The summed E-state index contributed by atoms with van der Waals surface area (Å²) in [6.45, 7) is 9.01. The molecule has 0 amide bonds. The standard InChI is InChI=1S/C8H17Cl/c1-7(5-6-9)8(2,3)4/h7H,5-6H2,1-4H3. The Morgan fingerprint density at radius 2 is 1.78 bits per heavy atom. The molecule has 0 aliphatic rings. The summed E-state index contributed by atoms with van der Waals surface area (Å²) in [4.78, 5) is 0.